The summed E-state index contributed by atoms with van der Waals surface area (Å²) in [6.45, 7) is 4.11. The van der Waals surface area contributed by atoms with Gasteiger partial charge in [-0.05, 0) is 53.7 Å². The van der Waals surface area contributed by atoms with Gasteiger partial charge in [0.25, 0.3) is 0 Å². The van der Waals surface area contributed by atoms with Crippen LogP contribution in [0.1, 0.15) is 42.5 Å². The van der Waals surface area contributed by atoms with E-state index < -0.39 is 23.6 Å². The molecule has 2 aromatic rings. The summed E-state index contributed by atoms with van der Waals surface area (Å²) in [6, 6.07) is 8.11. The minimum atomic E-state index is -1.13. The highest BCUT2D eigenvalue weighted by Gasteiger charge is 2.15. The lowest BCUT2D eigenvalue weighted by atomic mass is 9.91. The fourth-order valence-corrected chi connectivity index (χ4v) is 2.90. The second-order valence-corrected chi connectivity index (χ2v) is 6.11. The topological polar surface area (TPSA) is 63.3 Å². The average Bonchev–Trinajstić information content (AvgIpc) is 2.62. The van der Waals surface area contributed by atoms with Gasteiger partial charge in [-0.1, -0.05) is 38.1 Å². The number of rotatable bonds is 7. The highest BCUT2D eigenvalue weighted by molar-refractivity contribution is 5.81. The molecule has 0 aromatic heterocycles. The van der Waals surface area contributed by atoms with Crippen molar-refractivity contribution in [1.29, 1.82) is 0 Å². The summed E-state index contributed by atoms with van der Waals surface area (Å²) in [4.78, 5) is 11.0. The lowest BCUT2D eigenvalue weighted by Crippen LogP contribution is -2.29. The molecular formula is C21H23F2NO2. The zero-order chi connectivity index (χ0) is 19.3. The van der Waals surface area contributed by atoms with Gasteiger partial charge in [-0.15, -0.1) is 0 Å². The smallest absolute Gasteiger partial charge is 0.320 e. The Morgan fingerprint density at radius 1 is 1.12 bits per heavy atom. The van der Waals surface area contributed by atoms with Gasteiger partial charge in [-0.3, -0.25) is 4.79 Å². The zero-order valence-electron chi connectivity index (χ0n) is 14.9. The molecule has 2 aromatic carbocycles. The quantitative estimate of drug-likeness (QED) is 0.774. The van der Waals surface area contributed by atoms with Crippen molar-refractivity contribution in [3.05, 3.63) is 76.4 Å². The number of aliphatic carboxylic acids is 1. The molecule has 3 N–H and O–H groups in total. The van der Waals surface area contributed by atoms with E-state index in [0.29, 0.717) is 5.57 Å². The Balaban J connectivity index is 2.56. The number of benzene rings is 2. The Labute approximate surface area is 152 Å². The van der Waals surface area contributed by atoms with Crippen LogP contribution in [0, 0.1) is 11.6 Å². The van der Waals surface area contributed by atoms with Crippen LogP contribution >= 0.6 is 0 Å². The molecule has 0 aliphatic rings. The van der Waals surface area contributed by atoms with Crippen LogP contribution in [-0.2, 0) is 17.6 Å². The standard InChI is InChI=1S/C21H23F2NO2/c1-3-13-5-6-15(11-14(13)4-2)17(9-10-20(24)21(25)26)18-8-7-16(22)12-19(18)23/h5-9,11-12,20H,3-4,10,24H2,1-2H3,(H,25,26). The first-order chi connectivity index (χ1) is 12.4. The maximum Gasteiger partial charge on any atom is 0.320 e. The van der Waals surface area contributed by atoms with Crippen molar-refractivity contribution < 1.29 is 18.7 Å². The van der Waals surface area contributed by atoms with Crippen molar-refractivity contribution in [3.8, 4) is 0 Å². The first-order valence-corrected chi connectivity index (χ1v) is 8.63. The molecule has 0 heterocycles. The first-order valence-electron chi connectivity index (χ1n) is 8.63. The fraction of sp³-hybridized carbons (Fsp3) is 0.286. The van der Waals surface area contributed by atoms with Crippen molar-refractivity contribution in [2.45, 2.75) is 39.2 Å². The number of hydrogen-bond acceptors (Lipinski definition) is 2. The molecule has 0 fully saturated rings. The second-order valence-electron chi connectivity index (χ2n) is 6.11. The average molecular weight is 359 g/mol. The molecule has 0 aliphatic heterocycles. The fourth-order valence-electron chi connectivity index (χ4n) is 2.90. The summed E-state index contributed by atoms with van der Waals surface area (Å²) in [5.41, 5.74) is 9.41. The summed E-state index contributed by atoms with van der Waals surface area (Å²) in [6.07, 6.45) is 3.36. The van der Waals surface area contributed by atoms with E-state index in [9.17, 15) is 13.6 Å². The largest absolute Gasteiger partial charge is 0.480 e. The van der Waals surface area contributed by atoms with Crippen LogP contribution in [0.4, 0.5) is 8.78 Å². The van der Waals surface area contributed by atoms with Crippen LogP contribution in [0.2, 0.25) is 0 Å². The predicted molar refractivity (Wildman–Crippen MR) is 98.9 cm³/mol. The molecule has 5 heteroatoms. The third-order valence-electron chi connectivity index (χ3n) is 4.39. The van der Waals surface area contributed by atoms with Crippen molar-refractivity contribution in [2.24, 2.45) is 5.73 Å². The second kappa shape index (κ2) is 8.72. The summed E-state index contributed by atoms with van der Waals surface area (Å²) in [7, 11) is 0. The van der Waals surface area contributed by atoms with Crippen LogP contribution < -0.4 is 5.73 Å². The van der Waals surface area contributed by atoms with E-state index in [0.717, 1.165) is 30.0 Å². The molecule has 26 heavy (non-hydrogen) atoms. The monoisotopic (exact) mass is 359 g/mol. The van der Waals surface area contributed by atoms with Gasteiger partial charge in [0.1, 0.15) is 17.7 Å². The maximum absolute atomic E-state index is 14.4. The van der Waals surface area contributed by atoms with Gasteiger partial charge in [-0.2, -0.15) is 0 Å². The molecule has 0 radical (unpaired) electrons. The van der Waals surface area contributed by atoms with Gasteiger partial charge in [0.2, 0.25) is 0 Å². The number of carbonyl (C=O) groups is 1. The van der Waals surface area contributed by atoms with E-state index in [4.69, 9.17) is 10.8 Å². The third kappa shape index (κ3) is 4.55. The zero-order valence-corrected chi connectivity index (χ0v) is 14.9. The van der Waals surface area contributed by atoms with Gasteiger partial charge >= 0.3 is 5.97 Å². The molecule has 0 saturated heterocycles. The predicted octanol–water partition coefficient (Wildman–Crippen LogP) is 4.32. The Morgan fingerprint density at radius 3 is 2.38 bits per heavy atom. The lowest BCUT2D eigenvalue weighted by Gasteiger charge is -2.14. The van der Waals surface area contributed by atoms with Crippen LogP contribution in [0.5, 0.6) is 0 Å². The third-order valence-corrected chi connectivity index (χ3v) is 4.39. The van der Waals surface area contributed by atoms with Gasteiger partial charge in [0.15, 0.2) is 0 Å². The number of halogens is 2. The maximum atomic E-state index is 14.4. The molecule has 138 valence electrons. The molecule has 3 nitrogen and oxygen atoms in total. The molecular weight excluding hydrogens is 336 g/mol. The lowest BCUT2D eigenvalue weighted by molar-refractivity contribution is -0.138. The number of aryl methyl sites for hydroxylation is 2. The molecule has 0 bridgehead atoms. The van der Waals surface area contributed by atoms with E-state index in [-0.39, 0.29) is 12.0 Å². The van der Waals surface area contributed by atoms with Crippen molar-refractivity contribution in [1.82, 2.24) is 0 Å². The highest BCUT2D eigenvalue weighted by atomic mass is 19.1. The normalized spacial score (nSPS) is 12.9. The Hall–Kier alpha value is -2.53. The molecule has 0 aliphatic carbocycles. The molecule has 1 unspecified atom stereocenters. The molecule has 0 saturated carbocycles. The minimum Gasteiger partial charge on any atom is -0.480 e. The van der Waals surface area contributed by atoms with Crippen molar-refractivity contribution in [2.75, 3.05) is 0 Å². The Morgan fingerprint density at radius 2 is 1.81 bits per heavy atom. The van der Waals surface area contributed by atoms with E-state index in [1.807, 2.05) is 25.1 Å². The van der Waals surface area contributed by atoms with Crippen LogP contribution in [0.25, 0.3) is 5.57 Å². The summed E-state index contributed by atoms with van der Waals surface area (Å²) in [5.74, 6) is -2.49. The Bertz CT molecular complexity index is 831. The number of carboxylic acids is 1. The van der Waals surface area contributed by atoms with Gasteiger partial charge in [0, 0.05) is 11.6 Å². The number of carboxylic acid groups (broad SMARTS) is 1. The van der Waals surface area contributed by atoms with Crippen LogP contribution in [0.15, 0.2) is 42.5 Å². The number of nitrogens with two attached hydrogens (primary N) is 1. The highest BCUT2D eigenvalue weighted by Crippen LogP contribution is 2.29. The van der Waals surface area contributed by atoms with E-state index in [1.54, 1.807) is 6.08 Å². The van der Waals surface area contributed by atoms with E-state index >= 15 is 0 Å². The van der Waals surface area contributed by atoms with Gasteiger partial charge in [-0.25, -0.2) is 8.78 Å². The van der Waals surface area contributed by atoms with E-state index in [2.05, 4.69) is 6.92 Å². The molecule has 1 atom stereocenters. The minimum absolute atomic E-state index is 0.0401. The Kier molecular flexibility index (Phi) is 6.64. The molecule has 0 spiro atoms. The van der Waals surface area contributed by atoms with Gasteiger partial charge < -0.3 is 10.8 Å². The summed E-state index contributed by atoms with van der Waals surface area (Å²) in [5, 5.41) is 9.00. The van der Waals surface area contributed by atoms with Crippen molar-refractivity contribution in [3.63, 3.8) is 0 Å². The van der Waals surface area contributed by atoms with Crippen LogP contribution in [0.3, 0.4) is 0 Å². The van der Waals surface area contributed by atoms with Crippen molar-refractivity contribution >= 4 is 11.5 Å². The first kappa shape index (κ1) is 19.8. The molecule has 0 amide bonds. The van der Waals surface area contributed by atoms with Crippen LogP contribution in [-0.4, -0.2) is 17.1 Å². The van der Waals surface area contributed by atoms with E-state index in [1.165, 1.54) is 17.7 Å². The summed E-state index contributed by atoms with van der Waals surface area (Å²) >= 11 is 0. The summed E-state index contributed by atoms with van der Waals surface area (Å²) < 4.78 is 27.7. The molecule has 2 rings (SSSR count). The SMILES string of the molecule is CCc1ccc(C(=CCC(N)C(=O)O)c2ccc(F)cc2F)cc1CC. The van der Waals surface area contributed by atoms with Gasteiger partial charge in [0.05, 0.1) is 0 Å². The number of hydrogen-bond donors (Lipinski definition) is 2.